The molecule has 1 heterocycles. The molecule has 1 fully saturated rings. The van der Waals surface area contributed by atoms with Crippen molar-refractivity contribution in [1.82, 2.24) is 4.98 Å². The molecule has 1 saturated carbocycles. The van der Waals surface area contributed by atoms with Crippen LogP contribution in [0.3, 0.4) is 0 Å². The van der Waals surface area contributed by atoms with E-state index in [1.807, 2.05) is 12.1 Å². The predicted molar refractivity (Wildman–Crippen MR) is 66.4 cm³/mol. The van der Waals surface area contributed by atoms with Gasteiger partial charge in [-0.2, -0.15) is 13.2 Å². The first-order valence-corrected chi connectivity index (χ1v) is 6.36. The number of pyridine rings is 1. The van der Waals surface area contributed by atoms with Gasteiger partial charge >= 0.3 is 6.18 Å². The van der Waals surface area contributed by atoms with Gasteiger partial charge in [0.05, 0.1) is 11.2 Å². The van der Waals surface area contributed by atoms with Crippen molar-refractivity contribution >= 4 is 26.8 Å². The Morgan fingerprint density at radius 3 is 2.44 bits per heavy atom. The van der Waals surface area contributed by atoms with E-state index in [1.54, 1.807) is 12.1 Å². The second-order valence-electron chi connectivity index (χ2n) is 4.59. The van der Waals surface area contributed by atoms with Crippen LogP contribution in [0.25, 0.3) is 10.9 Å². The molecule has 1 nitrogen and oxygen atoms in total. The Morgan fingerprint density at radius 2 is 1.83 bits per heavy atom. The van der Waals surface area contributed by atoms with Gasteiger partial charge in [-0.25, -0.2) is 0 Å². The Morgan fingerprint density at radius 1 is 1.17 bits per heavy atom. The molecule has 1 aliphatic carbocycles. The van der Waals surface area contributed by atoms with Gasteiger partial charge in [-0.15, -0.1) is 0 Å². The molecule has 0 spiro atoms. The van der Waals surface area contributed by atoms with Crippen LogP contribution < -0.4 is 0 Å². The molecule has 0 bridgehead atoms. The van der Waals surface area contributed by atoms with Crippen LogP contribution in [0.2, 0.25) is 0 Å². The molecule has 0 saturated heterocycles. The molecule has 1 aromatic carbocycles. The molecule has 5 heteroatoms. The topological polar surface area (TPSA) is 12.9 Å². The number of benzene rings is 1. The van der Waals surface area contributed by atoms with Crippen LogP contribution >= 0.6 is 15.9 Å². The van der Waals surface area contributed by atoms with Crippen molar-refractivity contribution in [2.45, 2.75) is 24.4 Å². The average Bonchev–Trinajstić information content (AvgIpc) is 3.09. The third kappa shape index (κ3) is 1.64. The van der Waals surface area contributed by atoms with E-state index in [0.29, 0.717) is 9.99 Å². The lowest BCUT2D eigenvalue weighted by Crippen LogP contribution is -2.29. The Labute approximate surface area is 110 Å². The first-order valence-electron chi connectivity index (χ1n) is 5.56. The maximum absolute atomic E-state index is 13.1. The van der Waals surface area contributed by atoms with E-state index in [1.165, 1.54) is 6.07 Å². The van der Waals surface area contributed by atoms with Crippen LogP contribution in [0.5, 0.6) is 0 Å². The van der Waals surface area contributed by atoms with E-state index in [9.17, 15) is 13.2 Å². The van der Waals surface area contributed by atoms with E-state index in [4.69, 9.17) is 0 Å². The lowest BCUT2D eigenvalue weighted by Gasteiger charge is -2.19. The lowest BCUT2D eigenvalue weighted by atomic mass is 10.00. The van der Waals surface area contributed by atoms with Crippen molar-refractivity contribution in [2.24, 2.45) is 0 Å². The Bertz CT molecular complexity index is 617. The van der Waals surface area contributed by atoms with E-state index >= 15 is 0 Å². The molecule has 0 N–H and O–H groups in total. The zero-order valence-corrected chi connectivity index (χ0v) is 10.8. The van der Waals surface area contributed by atoms with Crippen LogP contribution in [0.1, 0.15) is 18.5 Å². The Hall–Kier alpha value is -1.10. The highest BCUT2D eigenvalue weighted by molar-refractivity contribution is 9.10. The van der Waals surface area contributed by atoms with Gasteiger partial charge in [-0.3, -0.25) is 4.98 Å². The normalized spacial score (nSPS) is 18.0. The van der Waals surface area contributed by atoms with Gasteiger partial charge in [0.1, 0.15) is 5.41 Å². The highest BCUT2D eigenvalue weighted by Gasteiger charge is 2.65. The van der Waals surface area contributed by atoms with Crippen LogP contribution in [-0.4, -0.2) is 11.2 Å². The minimum atomic E-state index is -4.22. The van der Waals surface area contributed by atoms with Gasteiger partial charge in [-0.1, -0.05) is 34.1 Å². The monoisotopic (exact) mass is 315 g/mol. The number of fused-ring (bicyclic) bond motifs is 1. The molecule has 0 aliphatic heterocycles. The predicted octanol–water partition coefficient (Wildman–Crippen LogP) is 4.59. The van der Waals surface area contributed by atoms with Crippen LogP contribution in [0.4, 0.5) is 13.2 Å². The minimum Gasteiger partial charge on any atom is -0.252 e. The first-order chi connectivity index (χ1) is 8.44. The zero-order valence-electron chi connectivity index (χ0n) is 9.26. The first kappa shape index (κ1) is 12.0. The van der Waals surface area contributed by atoms with Gasteiger partial charge in [0.25, 0.3) is 0 Å². The summed E-state index contributed by atoms with van der Waals surface area (Å²) in [6, 6.07) is 8.69. The van der Waals surface area contributed by atoms with Gasteiger partial charge in [-0.05, 0) is 25.0 Å². The summed E-state index contributed by atoms with van der Waals surface area (Å²) in [5.74, 6) is 0. The zero-order chi connectivity index (χ0) is 13.0. The maximum atomic E-state index is 13.1. The maximum Gasteiger partial charge on any atom is 0.399 e. The molecular formula is C13H9BrF3N. The van der Waals surface area contributed by atoms with Crippen LogP contribution in [-0.2, 0) is 5.41 Å². The summed E-state index contributed by atoms with van der Waals surface area (Å²) in [6.45, 7) is 0. The molecule has 94 valence electrons. The number of para-hydroxylation sites is 1. The summed E-state index contributed by atoms with van der Waals surface area (Å²) in [6.07, 6.45) is -3.95. The molecular weight excluding hydrogens is 307 g/mol. The molecule has 1 aliphatic rings. The fourth-order valence-electron chi connectivity index (χ4n) is 2.19. The highest BCUT2D eigenvalue weighted by atomic mass is 79.9. The lowest BCUT2D eigenvalue weighted by molar-refractivity contribution is -0.161. The van der Waals surface area contributed by atoms with E-state index in [-0.39, 0.29) is 18.5 Å². The fraction of sp³-hybridized carbons (Fsp3) is 0.308. The highest BCUT2D eigenvalue weighted by Crippen LogP contribution is 2.58. The number of aromatic nitrogens is 1. The standard InChI is InChI=1S/C13H9BrF3N/c14-9-7-11(12(5-6-12)13(15,16)17)18-10-4-2-1-3-8(9)10/h1-4,7H,5-6H2. The third-order valence-electron chi connectivity index (χ3n) is 3.45. The van der Waals surface area contributed by atoms with Crippen molar-refractivity contribution in [3.05, 3.63) is 40.5 Å². The Kier molecular flexibility index (Phi) is 2.46. The van der Waals surface area contributed by atoms with Crippen molar-refractivity contribution in [2.75, 3.05) is 0 Å². The van der Waals surface area contributed by atoms with E-state index in [2.05, 4.69) is 20.9 Å². The number of rotatable bonds is 1. The second-order valence-corrected chi connectivity index (χ2v) is 5.44. The third-order valence-corrected chi connectivity index (χ3v) is 4.10. The van der Waals surface area contributed by atoms with Crippen molar-refractivity contribution in [3.63, 3.8) is 0 Å². The molecule has 1 aromatic heterocycles. The summed E-state index contributed by atoms with van der Waals surface area (Å²) in [7, 11) is 0. The van der Waals surface area contributed by atoms with Crippen LogP contribution in [0.15, 0.2) is 34.8 Å². The molecule has 3 rings (SSSR count). The molecule has 0 radical (unpaired) electrons. The van der Waals surface area contributed by atoms with Crippen molar-refractivity contribution < 1.29 is 13.2 Å². The fourth-order valence-corrected chi connectivity index (χ4v) is 2.74. The van der Waals surface area contributed by atoms with Gasteiger partial charge in [0.15, 0.2) is 0 Å². The van der Waals surface area contributed by atoms with Crippen molar-refractivity contribution in [3.8, 4) is 0 Å². The van der Waals surface area contributed by atoms with E-state index < -0.39 is 11.6 Å². The summed E-state index contributed by atoms with van der Waals surface area (Å²) < 4.78 is 39.8. The molecule has 18 heavy (non-hydrogen) atoms. The summed E-state index contributed by atoms with van der Waals surface area (Å²) in [5, 5.41) is 0.833. The number of nitrogens with zero attached hydrogens (tertiary/aromatic N) is 1. The summed E-state index contributed by atoms with van der Waals surface area (Å²) in [4.78, 5) is 4.19. The number of alkyl halides is 3. The van der Waals surface area contributed by atoms with Crippen LogP contribution in [0, 0.1) is 0 Å². The SMILES string of the molecule is FC(F)(F)C1(c2cc(Br)c3ccccc3n2)CC1. The minimum absolute atomic E-state index is 0.126. The molecule has 0 atom stereocenters. The average molecular weight is 316 g/mol. The summed E-state index contributed by atoms with van der Waals surface area (Å²) >= 11 is 3.33. The smallest absolute Gasteiger partial charge is 0.252 e. The molecule has 0 amide bonds. The quantitative estimate of drug-likeness (QED) is 0.750. The molecule has 2 aromatic rings. The molecule has 0 unspecified atom stereocenters. The summed E-state index contributed by atoms with van der Waals surface area (Å²) in [5.41, 5.74) is -1.00. The largest absolute Gasteiger partial charge is 0.399 e. The Balaban J connectivity index is 2.20. The second kappa shape index (κ2) is 3.70. The van der Waals surface area contributed by atoms with Gasteiger partial charge in [0, 0.05) is 9.86 Å². The van der Waals surface area contributed by atoms with Gasteiger partial charge in [0.2, 0.25) is 0 Å². The van der Waals surface area contributed by atoms with Gasteiger partial charge < -0.3 is 0 Å². The number of halogens is 4. The number of hydrogen-bond acceptors (Lipinski definition) is 1. The number of hydrogen-bond donors (Lipinski definition) is 0. The van der Waals surface area contributed by atoms with E-state index in [0.717, 1.165) is 5.39 Å². The van der Waals surface area contributed by atoms with Crippen molar-refractivity contribution in [1.29, 1.82) is 0 Å².